The van der Waals surface area contributed by atoms with E-state index in [0.29, 0.717) is 13.1 Å². The monoisotopic (exact) mass is 330 g/mol. The summed E-state index contributed by atoms with van der Waals surface area (Å²) in [6.45, 7) is 4.58. The summed E-state index contributed by atoms with van der Waals surface area (Å²) in [5, 5.41) is 12.0. The van der Waals surface area contributed by atoms with Crippen molar-refractivity contribution in [3.63, 3.8) is 0 Å². The van der Waals surface area contributed by atoms with Crippen LogP contribution in [0.2, 0.25) is 0 Å². The molecule has 23 heavy (non-hydrogen) atoms. The molecule has 3 atom stereocenters. The van der Waals surface area contributed by atoms with Gasteiger partial charge in [0.25, 0.3) is 0 Å². The molecule has 7 heteroatoms. The first-order valence-corrected chi connectivity index (χ1v) is 7.59. The molecular weight excluding hydrogens is 309 g/mol. The van der Waals surface area contributed by atoms with Gasteiger partial charge in [-0.15, -0.1) is 0 Å². The molecule has 1 saturated heterocycles. The molecule has 1 aliphatic heterocycles. The molecule has 1 aromatic carbocycles. The summed E-state index contributed by atoms with van der Waals surface area (Å²) in [4.78, 5) is 14.2. The molecule has 1 amide bonds. The standard InChI is InChI=1S/C16H21F3N2O2/c1-10(21-8-7-12(9-21)11(2)22)15(23)20-14-6-4-3-5-13(14)16(17,18)19/h3-6,10-12,22H,7-9H2,1-2H3,(H,20,23). The second-order valence-electron chi connectivity index (χ2n) is 5.99. The van der Waals surface area contributed by atoms with Crippen LogP contribution in [-0.2, 0) is 11.0 Å². The van der Waals surface area contributed by atoms with Crippen LogP contribution in [0.1, 0.15) is 25.8 Å². The molecule has 0 saturated carbocycles. The normalized spacial score (nSPS) is 21.9. The van der Waals surface area contributed by atoms with Gasteiger partial charge in [-0.25, -0.2) is 0 Å². The van der Waals surface area contributed by atoms with E-state index < -0.39 is 29.8 Å². The number of nitrogens with zero attached hydrogens (tertiary/aromatic N) is 1. The van der Waals surface area contributed by atoms with E-state index in [4.69, 9.17) is 0 Å². The lowest BCUT2D eigenvalue weighted by atomic mass is 10.0. The number of aliphatic hydroxyl groups excluding tert-OH is 1. The maximum atomic E-state index is 13.0. The van der Waals surface area contributed by atoms with Gasteiger partial charge < -0.3 is 10.4 Å². The van der Waals surface area contributed by atoms with Crippen molar-refractivity contribution in [2.24, 2.45) is 5.92 Å². The SMILES string of the molecule is CC(O)C1CCN(C(C)C(=O)Nc2ccccc2C(F)(F)F)C1. The van der Waals surface area contributed by atoms with Crippen LogP contribution < -0.4 is 5.32 Å². The first kappa shape index (κ1) is 17.7. The molecule has 0 spiro atoms. The first-order chi connectivity index (χ1) is 10.7. The smallest absolute Gasteiger partial charge is 0.393 e. The maximum absolute atomic E-state index is 13.0. The Balaban J connectivity index is 2.05. The summed E-state index contributed by atoms with van der Waals surface area (Å²) < 4.78 is 38.9. The highest BCUT2D eigenvalue weighted by Crippen LogP contribution is 2.34. The van der Waals surface area contributed by atoms with Crippen molar-refractivity contribution in [3.05, 3.63) is 29.8 Å². The lowest BCUT2D eigenvalue weighted by Crippen LogP contribution is -2.41. The molecule has 0 aromatic heterocycles. The molecule has 2 rings (SSSR count). The number of carbonyl (C=O) groups excluding carboxylic acids is 1. The van der Waals surface area contributed by atoms with Crippen molar-refractivity contribution in [1.29, 1.82) is 0 Å². The summed E-state index contributed by atoms with van der Waals surface area (Å²) >= 11 is 0. The number of aliphatic hydroxyl groups is 1. The number of anilines is 1. The molecule has 2 N–H and O–H groups in total. The van der Waals surface area contributed by atoms with E-state index in [0.717, 1.165) is 12.5 Å². The van der Waals surface area contributed by atoms with Gasteiger partial charge in [-0.05, 0) is 44.9 Å². The highest BCUT2D eigenvalue weighted by Gasteiger charge is 2.35. The number of hydrogen-bond donors (Lipinski definition) is 2. The lowest BCUT2D eigenvalue weighted by Gasteiger charge is -2.24. The Hall–Kier alpha value is -1.60. The number of hydrogen-bond acceptors (Lipinski definition) is 3. The first-order valence-electron chi connectivity index (χ1n) is 7.59. The number of carbonyl (C=O) groups is 1. The van der Waals surface area contributed by atoms with Crippen molar-refractivity contribution in [3.8, 4) is 0 Å². The fourth-order valence-electron chi connectivity index (χ4n) is 2.80. The van der Waals surface area contributed by atoms with Crippen LogP contribution in [0.4, 0.5) is 18.9 Å². The zero-order valence-corrected chi connectivity index (χ0v) is 13.1. The number of nitrogens with one attached hydrogen (secondary N) is 1. The van der Waals surface area contributed by atoms with Gasteiger partial charge in [-0.1, -0.05) is 12.1 Å². The number of alkyl halides is 3. The van der Waals surface area contributed by atoms with Crippen LogP contribution in [0, 0.1) is 5.92 Å². The predicted octanol–water partition coefficient (Wildman–Crippen LogP) is 2.74. The van der Waals surface area contributed by atoms with Crippen molar-refractivity contribution >= 4 is 11.6 Å². The molecule has 4 nitrogen and oxygen atoms in total. The average molecular weight is 330 g/mol. The predicted molar refractivity (Wildman–Crippen MR) is 80.9 cm³/mol. The van der Waals surface area contributed by atoms with Gasteiger partial charge in [-0.3, -0.25) is 9.69 Å². The Bertz CT molecular complexity index is 561. The van der Waals surface area contributed by atoms with Crippen LogP contribution >= 0.6 is 0 Å². The maximum Gasteiger partial charge on any atom is 0.418 e. The number of amides is 1. The Labute approximate surface area is 133 Å². The lowest BCUT2D eigenvalue weighted by molar-refractivity contribution is -0.137. The van der Waals surface area contributed by atoms with Gasteiger partial charge in [0, 0.05) is 6.54 Å². The number of benzene rings is 1. The summed E-state index contributed by atoms with van der Waals surface area (Å²) in [6, 6.07) is 4.38. The quantitative estimate of drug-likeness (QED) is 0.892. The van der Waals surface area contributed by atoms with E-state index in [9.17, 15) is 23.1 Å². The molecule has 1 heterocycles. The van der Waals surface area contributed by atoms with Crippen molar-refractivity contribution in [2.45, 2.75) is 38.6 Å². The number of likely N-dealkylation sites (tertiary alicyclic amines) is 1. The number of para-hydroxylation sites is 1. The summed E-state index contributed by atoms with van der Waals surface area (Å²) in [5.41, 5.74) is -1.09. The number of halogens is 3. The Kier molecular flexibility index (Phi) is 5.31. The molecule has 3 unspecified atom stereocenters. The topological polar surface area (TPSA) is 52.6 Å². The summed E-state index contributed by atoms with van der Waals surface area (Å²) in [5.74, 6) is -0.388. The molecular formula is C16H21F3N2O2. The van der Waals surface area contributed by atoms with Gasteiger partial charge in [0.2, 0.25) is 5.91 Å². The molecule has 1 fully saturated rings. The summed E-state index contributed by atoms with van der Waals surface area (Å²) in [6.07, 6.45) is -4.20. The molecule has 1 aromatic rings. The minimum atomic E-state index is -4.52. The average Bonchev–Trinajstić information content (AvgIpc) is 2.95. The van der Waals surface area contributed by atoms with E-state index >= 15 is 0 Å². The van der Waals surface area contributed by atoms with Crippen LogP contribution in [0.25, 0.3) is 0 Å². The van der Waals surface area contributed by atoms with Crippen molar-refractivity contribution in [2.75, 3.05) is 18.4 Å². The van der Waals surface area contributed by atoms with E-state index in [-0.39, 0.29) is 11.6 Å². The van der Waals surface area contributed by atoms with Crippen LogP contribution in [0.5, 0.6) is 0 Å². The van der Waals surface area contributed by atoms with Gasteiger partial charge >= 0.3 is 6.18 Å². The van der Waals surface area contributed by atoms with Gasteiger partial charge in [-0.2, -0.15) is 13.2 Å². The van der Waals surface area contributed by atoms with E-state index in [2.05, 4.69) is 5.32 Å². The Morgan fingerprint density at radius 1 is 1.35 bits per heavy atom. The van der Waals surface area contributed by atoms with Crippen LogP contribution in [0.3, 0.4) is 0 Å². The van der Waals surface area contributed by atoms with E-state index in [1.54, 1.807) is 13.8 Å². The highest BCUT2D eigenvalue weighted by molar-refractivity contribution is 5.95. The van der Waals surface area contributed by atoms with E-state index in [1.165, 1.54) is 18.2 Å². The molecule has 0 aliphatic carbocycles. The van der Waals surface area contributed by atoms with Crippen molar-refractivity contribution < 1.29 is 23.1 Å². The zero-order valence-electron chi connectivity index (χ0n) is 13.1. The summed E-state index contributed by atoms with van der Waals surface area (Å²) in [7, 11) is 0. The molecule has 128 valence electrons. The van der Waals surface area contributed by atoms with Gasteiger partial charge in [0.05, 0.1) is 23.4 Å². The number of rotatable bonds is 4. The fraction of sp³-hybridized carbons (Fsp3) is 0.562. The molecule has 0 radical (unpaired) electrons. The molecule has 1 aliphatic rings. The van der Waals surface area contributed by atoms with Crippen LogP contribution in [-0.4, -0.2) is 41.1 Å². The Morgan fingerprint density at radius 3 is 2.57 bits per heavy atom. The third-order valence-electron chi connectivity index (χ3n) is 4.36. The minimum Gasteiger partial charge on any atom is -0.393 e. The Morgan fingerprint density at radius 2 is 2.00 bits per heavy atom. The molecule has 0 bridgehead atoms. The van der Waals surface area contributed by atoms with Crippen LogP contribution in [0.15, 0.2) is 24.3 Å². The third-order valence-corrected chi connectivity index (χ3v) is 4.36. The van der Waals surface area contributed by atoms with Gasteiger partial charge in [0.15, 0.2) is 0 Å². The second kappa shape index (κ2) is 6.88. The van der Waals surface area contributed by atoms with Gasteiger partial charge in [0.1, 0.15) is 0 Å². The second-order valence-corrected chi connectivity index (χ2v) is 5.99. The van der Waals surface area contributed by atoms with E-state index in [1.807, 2.05) is 4.90 Å². The largest absolute Gasteiger partial charge is 0.418 e. The fourth-order valence-corrected chi connectivity index (χ4v) is 2.80. The zero-order chi connectivity index (χ0) is 17.2. The minimum absolute atomic E-state index is 0.0905. The third kappa shape index (κ3) is 4.23. The highest BCUT2D eigenvalue weighted by atomic mass is 19.4. The van der Waals surface area contributed by atoms with Crippen molar-refractivity contribution in [1.82, 2.24) is 4.90 Å².